The van der Waals surface area contributed by atoms with Gasteiger partial charge in [0.2, 0.25) is 0 Å². The number of carbonyl (C=O) groups excluding carboxylic acids is 2. The van der Waals surface area contributed by atoms with E-state index < -0.39 is 17.7 Å². The van der Waals surface area contributed by atoms with Crippen LogP contribution in [0.2, 0.25) is 5.02 Å². The smallest absolute Gasteiger partial charge is 0.295 e. The first-order valence-electron chi connectivity index (χ1n) is 11.0. The van der Waals surface area contributed by atoms with Crippen molar-refractivity contribution in [3.05, 3.63) is 64.2 Å². The lowest BCUT2D eigenvalue weighted by atomic mass is 9.95. The first-order valence-corrected chi connectivity index (χ1v) is 11.3. The topological polar surface area (TPSA) is 96.3 Å². The van der Waals surface area contributed by atoms with E-state index in [0.717, 1.165) is 0 Å². The third-order valence-electron chi connectivity index (χ3n) is 5.25. The van der Waals surface area contributed by atoms with Crippen molar-refractivity contribution < 1.29 is 29.3 Å². The second-order valence-electron chi connectivity index (χ2n) is 7.57. The van der Waals surface area contributed by atoms with Crippen molar-refractivity contribution >= 4 is 29.1 Å². The Hall–Kier alpha value is -3.03. The van der Waals surface area contributed by atoms with Crippen molar-refractivity contribution in [1.29, 1.82) is 0 Å². The van der Waals surface area contributed by atoms with E-state index in [1.807, 2.05) is 13.8 Å². The summed E-state index contributed by atoms with van der Waals surface area (Å²) in [4.78, 5) is 27.4. The molecular formula is C25H28ClNO6. The van der Waals surface area contributed by atoms with Crippen LogP contribution in [0.1, 0.15) is 43.9 Å². The number of ketones is 1. The third kappa shape index (κ3) is 5.31. The number of aliphatic hydroxyl groups excluding tert-OH is 2. The number of benzene rings is 2. The van der Waals surface area contributed by atoms with Crippen LogP contribution in [0, 0.1) is 0 Å². The Labute approximate surface area is 198 Å². The summed E-state index contributed by atoms with van der Waals surface area (Å²) in [6, 6.07) is 11.0. The maximum atomic E-state index is 13.0. The summed E-state index contributed by atoms with van der Waals surface area (Å²) in [6.07, 6.45) is 1.13. The number of hydrogen-bond acceptors (Lipinski definition) is 6. The fourth-order valence-corrected chi connectivity index (χ4v) is 3.97. The molecule has 2 aromatic rings. The second kappa shape index (κ2) is 11.2. The van der Waals surface area contributed by atoms with Gasteiger partial charge in [0, 0.05) is 25.1 Å². The molecule has 1 atom stereocenters. The lowest BCUT2D eigenvalue weighted by molar-refractivity contribution is -0.139. The van der Waals surface area contributed by atoms with Crippen LogP contribution in [-0.2, 0) is 9.59 Å². The highest BCUT2D eigenvalue weighted by Gasteiger charge is 2.45. The van der Waals surface area contributed by atoms with Crippen molar-refractivity contribution in [2.45, 2.75) is 32.7 Å². The van der Waals surface area contributed by atoms with Crippen molar-refractivity contribution in [2.24, 2.45) is 0 Å². The molecule has 2 N–H and O–H groups in total. The van der Waals surface area contributed by atoms with Crippen LogP contribution < -0.4 is 9.47 Å². The van der Waals surface area contributed by atoms with Crippen LogP contribution in [-0.4, -0.2) is 53.2 Å². The summed E-state index contributed by atoms with van der Waals surface area (Å²) in [5.74, 6) is -0.768. The zero-order chi connectivity index (χ0) is 24.0. The van der Waals surface area contributed by atoms with Crippen LogP contribution in [0.4, 0.5) is 0 Å². The van der Waals surface area contributed by atoms with Gasteiger partial charge in [0.15, 0.2) is 0 Å². The van der Waals surface area contributed by atoms with Crippen LogP contribution in [0.5, 0.6) is 11.5 Å². The molecule has 1 fully saturated rings. The van der Waals surface area contributed by atoms with Crippen molar-refractivity contribution in [2.75, 3.05) is 26.4 Å². The van der Waals surface area contributed by atoms with Crippen LogP contribution in [0.3, 0.4) is 0 Å². The Bertz CT molecular complexity index is 1050. The minimum Gasteiger partial charge on any atom is -0.507 e. The quantitative estimate of drug-likeness (QED) is 0.231. The van der Waals surface area contributed by atoms with E-state index in [2.05, 4.69) is 0 Å². The van der Waals surface area contributed by atoms with Gasteiger partial charge in [0.25, 0.3) is 11.7 Å². The molecule has 7 nitrogen and oxygen atoms in total. The maximum absolute atomic E-state index is 13.0. The summed E-state index contributed by atoms with van der Waals surface area (Å²) in [5.41, 5.74) is 0.980. The second-order valence-corrected chi connectivity index (χ2v) is 7.98. The molecule has 33 heavy (non-hydrogen) atoms. The molecule has 8 heteroatoms. The van der Waals surface area contributed by atoms with Gasteiger partial charge in [-0.1, -0.05) is 30.7 Å². The number of halogens is 1. The fraction of sp³-hybridized carbons (Fsp3) is 0.360. The first-order chi connectivity index (χ1) is 15.9. The Morgan fingerprint density at radius 1 is 1.12 bits per heavy atom. The number of likely N-dealkylation sites (tertiary alicyclic amines) is 1. The van der Waals surface area contributed by atoms with E-state index in [1.54, 1.807) is 42.5 Å². The number of nitrogens with zero attached hydrogens (tertiary/aromatic N) is 1. The molecule has 0 bridgehead atoms. The zero-order valence-corrected chi connectivity index (χ0v) is 19.5. The monoisotopic (exact) mass is 473 g/mol. The Kier molecular flexibility index (Phi) is 8.36. The van der Waals surface area contributed by atoms with E-state index >= 15 is 0 Å². The summed E-state index contributed by atoms with van der Waals surface area (Å²) >= 11 is 6.17. The molecular weight excluding hydrogens is 446 g/mol. The predicted octanol–water partition coefficient (Wildman–Crippen LogP) is 4.33. The van der Waals surface area contributed by atoms with Crippen LogP contribution in [0.25, 0.3) is 5.76 Å². The molecule has 1 unspecified atom stereocenters. The number of rotatable bonds is 10. The minimum absolute atomic E-state index is 0.00530. The molecule has 1 amide bonds. The molecule has 1 heterocycles. The van der Waals surface area contributed by atoms with E-state index in [-0.39, 0.29) is 17.9 Å². The highest BCUT2D eigenvalue weighted by molar-refractivity contribution is 6.46. The minimum atomic E-state index is -0.766. The average molecular weight is 474 g/mol. The number of ether oxygens (including phenoxy) is 2. The zero-order valence-electron chi connectivity index (χ0n) is 18.7. The standard InChI is InChI=1S/C25H28ClNO6/c1-3-11-27-22(16-7-5-8-18(14-16)33-13-6-12-28)21(24(30)25(27)31)23(29)17-9-10-19(26)20(15-17)32-4-2/h5,7-10,14-15,22,28-29H,3-4,6,11-13H2,1-2H3/b23-21-. The molecule has 1 aliphatic heterocycles. The van der Waals surface area contributed by atoms with Gasteiger partial charge in [-0.2, -0.15) is 0 Å². The average Bonchev–Trinajstić information content (AvgIpc) is 3.06. The van der Waals surface area contributed by atoms with Gasteiger partial charge in [-0.15, -0.1) is 0 Å². The first kappa shape index (κ1) is 24.6. The molecule has 1 aliphatic rings. The highest BCUT2D eigenvalue weighted by atomic mass is 35.5. The van der Waals surface area contributed by atoms with Gasteiger partial charge >= 0.3 is 0 Å². The SMILES string of the molecule is CCCN1C(=O)C(=O)/C(=C(\O)c2ccc(Cl)c(OCC)c2)C1c1cccc(OCCCO)c1. The number of hydrogen-bond donors (Lipinski definition) is 2. The number of Topliss-reactive ketones (excluding diaryl/α,β-unsaturated/α-hetero) is 1. The molecule has 176 valence electrons. The molecule has 0 aromatic heterocycles. The Morgan fingerprint density at radius 2 is 1.91 bits per heavy atom. The van der Waals surface area contributed by atoms with Crippen molar-refractivity contribution in [3.63, 3.8) is 0 Å². The summed E-state index contributed by atoms with van der Waals surface area (Å²) in [6.45, 7) is 4.81. The number of amides is 1. The van der Waals surface area contributed by atoms with Crippen molar-refractivity contribution in [1.82, 2.24) is 4.90 Å². The van der Waals surface area contributed by atoms with Gasteiger partial charge < -0.3 is 24.6 Å². The lowest BCUT2D eigenvalue weighted by Crippen LogP contribution is -2.30. The summed E-state index contributed by atoms with van der Waals surface area (Å²) < 4.78 is 11.2. The van der Waals surface area contributed by atoms with Gasteiger partial charge in [-0.25, -0.2) is 0 Å². The lowest BCUT2D eigenvalue weighted by Gasteiger charge is -2.25. The summed E-state index contributed by atoms with van der Waals surface area (Å²) in [5, 5.41) is 20.5. The molecule has 3 rings (SSSR count). The molecule has 0 saturated carbocycles. The van der Waals surface area contributed by atoms with E-state index in [0.29, 0.717) is 60.2 Å². The summed E-state index contributed by atoms with van der Waals surface area (Å²) in [7, 11) is 0. The maximum Gasteiger partial charge on any atom is 0.295 e. The Morgan fingerprint density at radius 3 is 2.61 bits per heavy atom. The predicted molar refractivity (Wildman–Crippen MR) is 126 cm³/mol. The molecule has 0 aliphatic carbocycles. The third-order valence-corrected chi connectivity index (χ3v) is 5.57. The molecule has 0 radical (unpaired) electrons. The molecule has 0 spiro atoms. The van der Waals surface area contributed by atoms with Gasteiger partial charge in [-0.3, -0.25) is 9.59 Å². The molecule has 2 aromatic carbocycles. The number of aliphatic hydroxyl groups is 2. The van der Waals surface area contributed by atoms with E-state index in [9.17, 15) is 14.7 Å². The number of carbonyl (C=O) groups is 2. The van der Waals surface area contributed by atoms with Gasteiger partial charge in [0.05, 0.1) is 29.9 Å². The fourth-order valence-electron chi connectivity index (χ4n) is 3.80. The van der Waals surface area contributed by atoms with Crippen LogP contribution in [0.15, 0.2) is 48.0 Å². The van der Waals surface area contributed by atoms with E-state index in [4.69, 9.17) is 26.2 Å². The Balaban J connectivity index is 2.10. The van der Waals surface area contributed by atoms with E-state index in [1.165, 1.54) is 4.90 Å². The molecule has 1 saturated heterocycles. The normalized spacial score (nSPS) is 17.5. The van der Waals surface area contributed by atoms with Gasteiger partial charge in [0.1, 0.15) is 17.3 Å². The largest absolute Gasteiger partial charge is 0.507 e. The van der Waals surface area contributed by atoms with Crippen molar-refractivity contribution in [3.8, 4) is 11.5 Å². The highest BCUT2D eigenvalue weighted by Crippen LogP contribution is 2.41. The van der Waals surface area contributed by atoms with Crippen LogP contribution >= 0.6 is 11.6 Å². The van der Waals surface area contributed by atoms with Gasteiger partial charge in [-0.05, 0) is 49.2 Å².